The number of fused-ring (bicyclic) bond motifs is 1. The van der Waals surface area contributed by atoms with Gasteiger partial charge in [-0.05, 0) is 36.8 Å². The van der Waals surface area contributed by atoms with Gasteiger partial charge in [0.1, 0.15) is 12.4 Å². The van der Waals surface area contributed by atoms with Crippen LogP contribution in [0, 0.1) is 10.1 Å². The fourth-order valence-electron chi connectivity index (χ4n) is 3.81. The van der Waals surface area contributed by atoms with E-state index in [4.69, 9.17) is 9.47 Å². The Hall–Kier alpha value is -4.31. The lowest BCUT2D eigenvalue weighted by molar-refractivity contribution is -0.385. The van der Waals surface area contributed by atoms with E-state index in [9.17, 15) is 19.7 Å². The number of benzene rings is 2. The summed E-state index contributed by atoms with van der Waals surface area (Å²) in [6.45, 7) is 5.26. The predicted molar refractivity (Wildman–Crippen MR) is 131 cm³/mol. The highest BCUT2D eigenvalue weighted by molar-refractivity contribution is 7.07. The third-order valence-electron chi connectivity index (χ3n) is 5.43. The van der Waals surface area contributed by atoms with E-state index in [0.717, 1.165) is 11.3 Å². The zero-order chi connectivity index (χ0) is 25.1. The van der Waals surface area contributed by atoms with Gasteiger partial charge in [0.05, 0.1) is 39.4 Å². The first-order valence-electron chi connectivity index (χ1n) is 10.5. The Bertz CT molecular complexity index is 1530. The minimum absolute atomic E-state index is 0.00699. The topological polar surface area (TPSA) is 113 Å². The normalized spacial score (nSPS) is 15.3. The van der Waals surface area contributed by atoms with Crippen molar-refractivity contribution >= 4 is 29.1 Å². The molecule has 0 aliphatic carbocycles. The van der Waals surface area contributed by atoms with Crippen LogP contribution in [0.1, 0.15) is 24.1 Å². The molecule has 0 radical (unpaired) electrons. The third-order valence-corrected chi connectivity index (χ3v) is 6.41. The first-order valence-corrected chi connectivity index (χ1v) is 11.3. The van der Waals surface area contributed by atoms with Crippen molar-refractivity contribution in [2.24, 2.45) is 4.99 Å². The van der Waals surface area contributed by atoms with Crippen molar-refractivity contribution in [2.45, 2.75) is 13.0 Å². The van der Waals surface area contributed by atoms with Crippen LogP contribution in [0.2, 0.25) is 0 Å². The number of ether oxygens (including phenoxy) is 2. The molecule has 0 unspecified atom stereocenters. The molecule has 35 heavy (non-hydrogen) atoms. The number of nitro benzene ring substituents is 1. The van der Waals surface area contributed by atoms with Crippen LogP contribution in [-0.2, 0) is 9.53 Å². The molecule has 0 saturated heterocycles. The molecule has 9 nitrogen and oxygen atoms in total. The second kappa shape index (κ2) is 9.90. The standard InChI is InChI=1S/C25H21N3O6S/c1-4-13-34-24(30)21-15(2)26-25-27(22(21)16-9-11-18(33-3)12-10-16)23(29)20(35-25)14-17-7-5-6-8-19(17)28(31)32/h4-12,14,22H,1,13H2,2-3H3/b20-14-/t22-/m0/s1. The van der Waals surface area contributed by atoms with E-state index in [1.807, 2.05) is 0 Å². The summed E-state index contributed by atoms with van der Waals surface area (Å²) in [6, 6.07) is 12.4. The maximum absolute atomic E-state index is 13.6. The molecule has 0 bridgehead atoms. The Labute approximate surface area is 203 Å². The number of hydrogen-bond donors (Lipinski definition) is 0. The number of para-hydroxylation sites is 1. The van der Waals surface area contributed by atoms with E-state index in [2.05, 4.69) is 11.6 Å². The second-order valence-electron chi connectivity index (χ2n) is 7.56. The lowest BCUT2D eigenvalue weighted by Gasteiger charge is -2.24. The number of thiazole rings is 1. The minimum Gasteiger partial charge on any atom is -0.497 e. The van der Waals surface area contributed by atoms with Crippen molar-refractivity contribution in [3.63, 3.8) is 0 Å². The molecule has 10 heteroatoms. The van der Waals surface area contributed by atoms with E-state index in [1.165, 1.54) is 22.8 Å². The molecule has 1 aromatic heterocycles. The molecule has 0 N–H and O–H groups in total. The van der Waals surface area contributed by atoms with Crippen LogP contribution >= 0.6 is 11.3 Å². The molecular weight excluding hydrogens is 470 g/mol. The van der Waals surface area contributed by atoms with Gasteiger partial charge in [-0.15, -0.1) is 0 Å². The van der Waals surface area contributed by atoms with Crippen molar-refractivity contribution in [1.29, 1.82) is 0 Å². The van der Waals surface area contributed by atoms with Crippen molar-refractivity contribution in [1.82, 2.24) is 4.57 Å². The molecule has 0 fully saturated rings. The summed E-state index contributed by atoms with van der Waals surface area (Å²) in [7, 11) is 1.54. The van der Waals surface area contributed by atoms with E-state index in [1.54, 1.807) is 56.5 Å². The number of aromatic nitrogens is 1. The molecule has 1 atom stereocenters. The smallest absolute Gasteiger partial charge is 0.338 e. The van der Waals surface area contributed by atoms with Crippen molar-refractivity contribution in [2.75, 3.05) is 13.7 Å². The van der Waals surface area contributed by atoms with E-state index >= 15 is 0 Å². The average molecular weight is 492 g/mol. The predicted octanol–water partition coefficient (Wildman–Crippen LogP) is 2.88. The highest BCUT2D eigenvalue weighted by Gasteiger charge is 2.33. The summed E-state index contributed by atoms with van der Waals surface area (Å²) in [5.74, 6) is 0.00831. The second-order valence-corrected chi connectivity index (χ2v) is 8.57. The van der Waals surface area contributed by atoms with Gasteiger partial charge in [0.2, 0.25) is 0 Å². The van der Waals surface area contributed by atoms with E-state index in [-0.39, 0.29) is 22.4 Å². The molecule has 1 aliphatic heterocycles. The molecule has 1 aliphatic rings. The van der Waals surface area contributed by atoms with Gasteiger partial charge in [-0.1, -0.05) is 48.3 Å². The number of nitro groups is 1. The number of carbonyl (C=O) groups is 1. The Morgan fingerprint density at radius 3 is 2.63 bits per heavy atom. The zero-order valence-corrected chi connectivity index (χ0v) is 19.8. The number of nitrogens with zero attached hydrogens (tertiary/aromatic N) is 3. The molecule has 3 aromatic rings. The summed E-state index contributed by atoms with van der Waals surface area (Å²) in [5, 5.41) is 11.4. The fraction of sp³-hybridized carbons (Fsp3) is 0.160. The third kappa shape index (κ3) is 4.56. The molecule has 0 spiro atoms. The monoisotopic (exact) mass is 491 g/mol. The zero-order valence-electron chi connectivity index (χ0n) is 19.0. The molecule has 2 heterocycles. The first-order chi connectivity index (χ1) is 16.8. The van der Waals surface area contributed by atoms with Gasteiger partial charge in [0, 0.05) is 6.07 Å². The van der Waals surface area contributed by atoms with Crippen LogP contribution in [-0.4, -0.2) is 29.2 Å². The molecule has 178 valence electrons. The van der Waals surface area contributed by atoms with Gasteiger partial charge in [0.25, 0.3) is 11.2 Å². The number of allylic oxidation sites excluding steroid dienone is 1. The lowest BCUT2D eigenvalue weighted by atomic mass is 9.96. The maximum atomic E-state index is 13.6. The summed E-state index contributed by atoms with van der Waals surface area (Å²) >= 11 is 1.10. The van der Waals surface area contributed by atoms with Crippen molar-refractivity contribution in [3.8, 4) is 5.75 Å². The van der Waals surface area contributed by atoms with Crippen LogP contribution in [0.4, 0.5) is 5.69 Å². The Morgan fingerprint density at radius 2 is 1.97 bits per heavy atom. The number of methoxy groups -OCH3 is 1. The number of hydrogen-bond acceptors (Lipinski definition) is 8. The average Bonchev–Trinajstić information content (AvgIpc) is 3.16. The quantitative estimate of drug-likeness (QED) is 0.217. The summed E-state index contributed by atoms with van der Waals surface area (Å²) in [5.41, 5.74) is 1.05. The highest BCUT2D eigenvalue weighted by Crippen LogP contribution is 2.31. The summed E-state index contributed by atoms with van der Waals surface area (Å²) < 4.78 is 12.2. The molecule has 2 aromatic carbocycles. The fourth-order valence-corrected chi connectivity index (χ4v) is 4.85. The minimum atomic E-state index is -0.803. The van der Waals surface area contributed by atoms with E-state index < -0.39 is 22.5 Å². The molecule has 4 rings (SSSR count). The summed E-state index contributed by atoms with van der Waals surface area (Å²) in [6.07, 6.45) is 2.93. The van der Waals surface area contributed by atoms with Gasteiger partial charge < -0.3 is 9.47 Å². The van der Waals surface area contributed by atoms with Crippen LogP contribution in [0.3, 0.4) is 0 Å². The largest absolute Gasteiger partial charge is 0.497 e. The van der Waals surface area contributed by atoms with Crippen LogP contribution in [0.5, 0.6) is 5.75 Å². The Balaban J connectivity index is 1.95. The number of esters is 1. The van der Waals surface area contributed by atoms with Gasteiger partial charge in [-0.2, -0.15) is 0 Å². The number of carbonyl (C=O) groups excluding carboxylic acids is 1. The van der Waals surface area contributed by atoms with Gasteiger partial charge >= 0.3 is 5.97 Å². The van der Waals surface area contributed by atoms with Gasteiger partial charge in [-0.3, -0.25) is 19.5 Å². The molecule has 0 amide bonds. The van der Waals surface area contributed by atoms with Crippen LogP contribution in [0.15, 0.2) is 82.2 Å². The van der Waals surface area contributed by atoms with Gasteiger partial charge in [-0.25, -0.2) is 9.79 Å². The number of rotatable bonds is 7. The lowest BCUT2D eigenvalue weighted by Crippen LogP contribution is -2.39. The Kier molecular flexibility index (Phi) is 6.74. The van der Waals surface area contributed by atoms with Crippen LogP contribution in [0.25, 0.3) is 6.08 Å². The van der Waals surface area contributed by atoms with Crippen LogP contribution < -0.4 is 19.6 Å². The van der Waals surface area contributed by atoms with Crippen molar-refractivity contribution < 1.29 is 19.2 Å². The Morgan fingerprint density at radius 1 is 1.26 bits per heavy atom. The summed E-state index contributed by atoms with van der Waals surface area (Å²) in [4.78, 5) is 42.4. The maximum Gasteiger partial charge on any atom is 0.338 e. The highest BCUT2D eigenvalue weighted by atomic mass is 32.1. The van der Waals surface area contributed by atoms with Gasteiger partial charge in [0.15, 0.2) is 4.80 Å². The van der Waals surface area contributed by atoms with E-state index in [0.29, 0.717) is 27.4 Å². The van der Waals surface area contributed by atoms with Crippen molar-refractivity contribution in [3.05, 3.63) is 113 Å². The molecular formula is C25H21N3O6S. The first kappa shape index (κ1) is 23.8. The molecule has 0 saturated carbocycles. The SMILES string of the molecule is C=CCOC(=O)C1=C(C)N=c2s/c(=C\c3ccccc3[N+](=O)[O-])c(=O)n2[C@H]1c1ccc(OC)cc1.